The molecule has 0 radical (unpaired) electrons. The molecule has 86 valence electrons. The van der Waals surface area contributed by atoms with E-state index in [-0.39, 0.29) is 11.7 Å². The molecule has 0 aromatic heterocycles. The zero-order valence-electron chi connectivity index (χ0n) is 9.12. The third-order valence-electron chi connectivity index (χ3n) is 3.01. The van der Waals surface area contributed by atoms with Crippen LogP contribution >= 0.6 is 0 Å². The molecule has 0 unspecified atom stereocenters. The van der Waals surface area contributed by atoms with E-state index in [1.807, 2.05) is 6.92 Å². The predicted molar refractivity (Wildman–Crippen MR) is 54.4 cm³/mol. The maximum absolute atomic E-state index is 9.58. The van der Waals surface area contributed by atoms with Crippen LogP contribution in [-0.4, -0.2) is 30.7 Å². The average molecular weight is 214 g/mol. The lowest BCUT2D eigenvalue weighted by molar-refractivity contribution is -0.172. The van der Waals surface area contributed by atoms with Crippen LogP contribution in [0, 0.1) is 0 Å². The summed E-state index contributed by atoms with van der Waals surface area (Å²) in [6.45, 7) is 3.75. The first-order valence-electron chi connectivity index (χ1n) is 5.57. The zero-order chi connectivity index (χ0) is 10.7. The van der Waals surface area contributed by atoms with Gasteiger partial charge < -0.3 is 19.3 Å². The van der Waals surface area contributed by atoms with Crippen molar-refractivity contribution >= 4 is 0 Å². The summed E-state index contributed by atoms with van der Waals surface area (Å²) in [7, 11) is 0. The van der Waals surface area contributed by atoms with Gasteiger partial charge in [0.25, 0.3) is 5.95 Å². The molecule has 15 heavy (non-hydrogen) atoms. The fourth-order valence-corrected chi connectivity index (χ4v) is 2.17. The lowest BCUT2D eigenvalue weighted by atomic mass is 9.90. The van der Waals surface area contributed by atoms with Crippen LogP contribution in [0.3, 0.4) is 0 Å². The second kappa shape index (κ2) is 4.41. The molecule has 1 saturated carbocycles. The lowest BCUT2D eigenvalue weighted by Gasteiger charge is -2.32. The van der Waals surface area contributed by atoms with E-state index >= 15 is 0 Å². The number of aliphatic hydroxyl groups excluding tert-OH is 1. The van der Waals surface area contributed by atoms with Crippen LogP contribution in [0.4, 0.5) is 0 Å². The van der Waals surface area contributed by atoms with E-state index in [0.29, 0.717) is 19.8 Å². The van der Waals surface area contributed by atoms with Crippen LogP contribution in [0.25, 0.3) is 0 Å². The number of hydrogen-bond donors (Lipinski definition) is 1. The Kier molecular flexibility index (Phi) is 3.17. The molecule has 2 rings (SSSR count). The van der Waals surface area contributed by atoms with Gasteiger partial charge in [-0.1, -0.05) is 0 Å². The van der Waals surface area contributed by atoms with Gasteiger partial charge in [0.15, 0.2) is 5.79 Å². The number of allylic oxidation sites excluding steroid dienone is 1. The molecular formula is C11H18O4. The first kappa shape index (κ1) is 10.8. The van der Waals surface area contributed by atoms with E-state index in [2.05, 4.69) is 0 Å². The van der Waals surface area contributed by atoms with Gasteiger partial charge in [0, 0.05) is 18.4 Å². The van der Waals surface area contributed by atoms with E-state index < -0.39 is 0 Å². The minimum atomic E-state index is -0.365. The molecule has 0 aromatic carbocycles. The van der Waals surface area contributed by atoms with E-state index in [1.54, 1.807) is 0 Å². The normalized spacial score (nSPS) is 24.5. The SMILES string of the molecule is CCOC(O)=C1CCC2(CC1)OCCO2. The highest BCUT2D eigenvalue weighted by atomic mass is 16.7. The summed E-state index contributed by atoms with van der Waals surface area (Å²) >= 11 is 0. The van der Waals surface area contributed by atoms with Crippen LogP contribution in [0.5, 0.6) is 0 Å². The van der Waals surface area contributed by atoms with Gasteiger partial charge in [0.2, 0.25) is 0 Å². The van der Waals surface area contributed by atoms with Crippen molar-refractivity contribution in [2.45, 2.75) is 38.4 Å². The van der Waals surface area contributed by atoms with E-state index in [4.69, 9.17) is 14.2 Å². The smallest absolute Gasteiger partial charge is 0.275 e. The highest BCUT2D eigenvalue weighted by Gasteiger charge is 2.39. The maximum Gasteiger partial charge on any atom is 0.275 e. The first-order valence-corrected chi connectivity index (χ1v) is 5.57. The quantitative estimate of drug-likeness (QED) is 0.715. The van der Waals surface area contributed by atoms with Crippen molar-refractivity contribution in [2.75, 3.05) is 19.8 Å². The Hall–Kier alpha value is -0.740. The van der Waals surface area contributed by atoms with Crippen molar-refractivity contribution in [3.8, 4) is 0 Å². The number of rotatable bonds is 2. The second-order valence-electron chi connectivity index (χ2n) is 3.95. The Morgan fingerprint density at radius 3 is 2.47 bits per heavy atom. The second-order valence-corrected chi connectivity index (χ2v) is 3.95. The van der Waals surface area contributed by atoms with Gasteiger partial charge in [0.05, 0.1) is 19.8 Å². The van der Waals surface area contributed by atoms with Gasteiger partial charge in [-0.2, -0.15) is 0 Å². The van der Waals surface area contributed by atoms with Crippen LogP contribution in [0.1, 0.15) is 32.6 Å². The Morgan fingerprint density at radius 1 is 1.33 bits per heavy atom. The third kappa shape index (κ3) is 2.26. The largest absolute Gasteiger partial charge is 0.481 e. The topological polar surface area (TPSA) is 47.9 Å². The maximum atomic E-state index is 9.58. The summed E-state index contributed by atoms with van der Waals surface area (Å²) in [5.41, 5.74) is 0.988. The summed E-state index contributed by atoms with van der Waals surface area (Å²) < 4.78 is 16.3. The molecule has 1 aliphatic carbocycles. The van der Waals surface area contributed by atoms with Gasteiger partial charge in [-0.25, -0.2) is 0 Å². The standard InChI is InChI=1S/C11H18O4/c1-2-13-10(12)9-3-5-11(6-4-9)14-7-8-15-11/h12H,2-8H2,1H3. The molecule has 1 saturated heterocycles. The Bertz CT molecular complexity index is 241. The molecule has 0 aromatic rings. The average Bonchev–Trinajstić information content (AvgIpc) is 2.68. The van der Waals surface area contributed by atoms with Crippen LogP contribution in [0.2, 0.25) is 0 Å². The molecule has 2 fully saturated rings. The molecule has 1 N–H and O–H groups in total. The van der Waals surface area contributed by atoms with Crippen LogP contribution in [0.15, 0.2) is 11.5 Å². The monoisotopic (exact) mass is 214 g/mol. The summed E-state index contributed by atoms with van der Waals surface area (Å²) in [6, 6.07) is 0. The van der Waals surface area contributed by atoms with Crippen molar-refractivity contribution < 1.29 is 19.3 Å². The minimum Gasteiger partial charge on any atom is -0.481 e. The lowest BCUT2D eigenvalue weighted by Crippen LogP contribution is -2.33. The van der Waals surface area contributed by atoms with Crippen molar-refractivity contribution in [1.82, 2.24) is 0 Å². The number of hydrogen-bond acceptors (Lipinski definition) is 4. The minimum absolute atomic E-state index is 0.102. The molecular weight excluding hydrogens is 196 g/mol. The molecule has 2 aliphatic rings. The summed E-state index contributed by atoms with van der Waals surface area (Å²) in [4.78, 5) is 0. The summed E-state index contributed by atoms with van der Waals surface area (Å²) in [5.74, 6) is -0.263. The fourth-order valence-electron chi connectivity index (χ4n) is 2.17. The van der Waals surface area contributed by atoms with E-state index in [0.717, 1.165) is 31.3 Å². The Labute approximate surface area is 89.8 Å². The summed E-state index contributed by atoms with van der Waals surface area (Å²) in [5, 5.41) is 9.58. The van der Waals surface area contributed by atoms with Crippen molar-refractivity contribution in [2.24, 2.45) is 0 Å². The molecule has 0 bridgehead atoms. The van der Waals surface area contributed by atoms with Crippen molar-refractivity contribution in [3.05, 3.63) is 11.5 Å². The molecule has 1 aliphatic heterocycles. The third-order valence-corrected chi connectivity index (χ3v) is 3.01. The van der Waals surface area contributed by atoms with Crippen molar-refractivity contribution in [1.29, 1.82) is 0 Å². The van der Waals surface area contributed by atoms with Gasteiger partial charge in [-0.15, -0.1) is 0 Å². The van der Waals surface area contributed by atoms with Crippen LogP contribution in [-0.2, 0) is 14.2 Å². The molecule has 4 nitrogen and oxygen atoms in total. The van der Waals surface area contributed by atoms with E-state index in [1.165, 1.54) is 0 Å². The Balaban J connectivity index is 1.94. The zero-order valence-corrected chi connectivity index (χ0v) is 9.12. The Morgan fingerprint density at radius 2 is 1.93 bits per heavy atom. The molecule has 1 heterocycles. The predicted octanol–water partition coefficient (Wildman–Crippen LogP) is 2.11. The molecule has 0 amide bonds. The van der Waals surface area contributed by atoms with Gasteiger partial charge >= 0.3 is 0 Å². The molecule has 4 heteroatoms. The molecule has 0 atom stereocenters. The number of aliphatic hydroxyl groups is 1. The van der Waals surface area contributed by atoms with Crippen LogP contribution < -0.4 is 0 Å². The highest BCUT2D eigenvalue weighted by molar-refractivity contribution is 5.08. The first-order chi connectivity index (χ1) is 7.26. The highest BCUT2D eigenvalue weighted by Crippen LogP contribution is 2.38. The van der Waals surface area contributed by atoms with Gasteiger partial charge in [-0.3, -0.25) is 0 Å². The molecule has 1 spiro atoms. The van der Waals surface area contributed by atoms with Crippen molar-refractivity contribution in [3.63, 3.8) is 0 Å². The number of ether oxygens (including phenoxy) is 3. The van der Waals surface area contributed by atoms with Gasteiger partial charge in [-0.05, 0) is 19.8 Å². The fraction of sp³-hybridized carbons (Fsp3) is 0.818. The van der Waals surface area contributed by atoms with Gasteiger partial charge in [0.1, 0.15) is 0 Å². The summed E-state index contributed by atoms with van der Waals surface area (Å²) in [6.07, 6.45) is 3.23. The van der Waals surface area contributed by atoms with E-state index in [9.17, 15) is 5.11 Å².